The number of imide groups is 1. The molecule has 1 saturated carbocycles. The Labute approximate surface area is 126 Å². The van der Waals surface area contributed by atoms with Crippen molar-refractivity contribution in [2.24, 2.45) is 0 Å². The molecule has 20 heavy (non-hydrogen) atoms. The summed E-state index contributed by atoms with van der Waals surface area (Å²) < 4.78 is 0. The lowest BCUT2D eigenvalue weighted by Crippen LogP contribution is -2.46. The summed E-state index contributed by atoms with van der Waals surface area (Å²) in [5.41, 5.74) is 0. The van der Waals surface area contributed by atoms with E-state index in [9.17, 15) is 9.59 Å². The zero-order valence-electron chi connectivity index (χ0n) is 12.7. The average Bonchev–Trinajstić information content (AvgIpc) is 3.00. The van der Waals surface area contributed by atoms with Crippen LogP contribution in [0.15, 0.2) is 0 Å². The van der Waals surface area contributed by atoms with Crippen LogP contribution in [0.5, 0.6) is 0 Å². The van der Waals surface area contributed by atoms with Gasteiger partial charge in [0.15, 0.2) is 0 Å². The molecule has 4 nitrogen and oxygen atoms in total. The summed E-state index contributed by atoms with van der Waals surface area (Å²) in [6.45, 7) is 4.07. The number of carbonyl (C=O) groups is 2. The topological polar surface area (TPSA) is 49.4 Å². The third-order valence-corrected chi connectivity index (χ3v) is 5.74. The summed E-state index contributed by atoms with van der Waals surface area (Å²) in [6, 6.07) is 0.189. The summed E-state index contributed by atoms with van der Waals surface area (Å²) >= 11 is 1.91. The molecule has 2 fully saturated rings. The Morgan fingerprint density at radius 2 is 2.00 bits per heavy atom. The number of nitrogens with one attached hydrogen (secondary N) is 1. The SMILES string of the molecule is CCC(CC)N1C(=O)CC(NC2CCC(SC)C2)C1=O. The molecular weight excluding hydrogens is 272 g/mol. The minimum Gasteiger partial charge on any atom is -0.303 e. The first-order valence-corrected chi connectivity index (χ1v) is 9.04. The molecule has 1 aliphatic carbocycles. The second kappa shape index (κ2) is 6.94. The molecule has 2 rings (SSSR count). The van der Waals surface area contributed by atoms with Gasteiger partial charge in [-0.2, -0.15) is 11.8 Å². The molecule has 0 aromatic heterocycles. The number of hydrogen-bond donors (Lipinski definition) is 1. The van der Waals surface area contributed by atoms with Crippen LogP contribution in [0.4, 0.5) is 0 Å². The largest absolute Gasteiger partial charge is 0.303 e. The van der Waals surface area contributed by atoms with Gasteiger partial charge >= 0.3 is 0 Å². The van der Waals surface area contributed by atoms with E-state index in [1.54, 1.807) is 0 Å². The molecule has 114 valence electrons. The van der Waals surface area contributed by atoms with E-state index >= 15 is 0 Å². The molecule has 0 spiro atoms. The molecule has 0 aromatic rings. The zero-order chi connectivity index (χ0) is 14.7. The molecule has 5 heteroatoms. The van der Waals surface area contributed by atoms with Crippen LogP contribution < -0.4 is 5.32 Å². The molecule has 2 aliphatic rings. The van der Waals surface area contributed by atoms with Gasteiger partial charge in [-0.1, -0.05) is 13.8 Å². The van der Waals surface area contributed by atoms with Crippen molar-refractivity contribution in [1.82, 2.24) is 10.2 Å². The smallest absolute Gasteiger partial charge is 0.247 e. The van der Waals surface area contributed by atoms with E-state index in [2.05, 4.69) is 11.6 Å². The lowest BCUT2D eigenvalue weighted by atomic mass is 10.1. The highest BCUT2D eigenvalue weighted by Gasteiger charge is 2.42. The number of rotatable bonds is 6. The first-order valence-electron chi connectivity index (χ1n) is 7.75. The molecule has 2 amide bonds. The van der Waals surface area contributed by atoms with Crippen molar-refractivity contribution in [3.05, 3.63) is 0 Å². The molecule has 1 heterocycles. The third kappa shape index (κ3) is 3.19. The van der Waals surface area contributed by atoms with E-state index in [1.807, 2.05) is 25.6 Å². The van der Waals surface area contributed by atoms with Crippen molar-refractivity contribution in [3.8, 4) is 0 Å². The van der Waals surface area contributed by atoms with Crippen molar-refractivity contribution in [3.63, 3.8) is 0 Å². The van der Waals surface area contributed by atoms with E-state index in [1.165, 1.54) is 11.3 Å². The zero-order valence-corrected chi connectivity index (χ0v) is 13.5. The summed E-state index contributed by atoms with van der Waals surface area (Å²) in [7, 11) is 0. The minimum absolute atomic E-state index is 0.000568. The van der Waals surface area contributed by atoms with Gasteiger partial charge in [-0.3, -0.25) is 14.5 Å². The van der Waals surface area contributed by atoms with Gasteiger partial charge in [0.2, 0.25) is 11.8 Å². The predicted octanol–water partition coefficient (Wildman–Crippen LogP) is 2.18. The Morgan fingerprint density at radius 3 is 2.55 bits per heavy atom. The predicted molar refractivity (Wildman–Crippen MR) is 82.7 cm³/mol. The maximum Gasteiger partial charge on any atom is 0.247 e. The number of carbonyl (C=O) groups excluding carboxylic acids is 2. The Morgan fingerprint density at radius 1 is 1.30 bits per heavy atom. The lowest BCUT2D eigenvalue weighted by molar-refractivity contribution is -0.141. The molecule has 1 aliphatic heterocycles. The Balaban J connectivity index is 1.94. The normalized spacial score (nSPS) is 30.8. The van der Waals surface area contributed by atoms with Gasteiger partial charge in [0.25, 0.3) is 0 Å². The van der Waals surface area contributed by atoms with E-state index in [0.717, 1.165) is 25.7 Å². The molecule has 1 N–H and O–H groups in total. The highest BCUT2D eigenvalue weighted by molar-refractivity contribution is 7.99. The molecule has 1 saturated heterocycles. The molecule has 0 aromatic carbocycles. The van der Waals surface area contributed by atoms with Gasteiger partial charge in [-0.05, 0) is 38.4 Å². The lowest BCUT2D eigenvalue weighted by Gasteiger charge is -2.25. The number of nitrogens with zero attached hydrogens (tertiary/aromatic N) is 1. The monoisotopic (exact) mass is 298 g/mol. The van der Waals surface area contributed by atoms with Crippen LogP contribution in [0.2, 0.25) is 0 Å². The highest BCUT2D eigenvalue weighted by atomic mass is 32.2. The van der Waals surface area contributed by atoms with E-state index in [0.29, 0.717) is 17.7 Å². The van der Waals surface area contributed by atoms with Crippen LogP contribution in [0.25, 0.3) is 0 Å². The second-order valence-electron chi connectivity index (χ2n) is 5.86. The van der Waals surface area contributed by atoms with Gasteiger partial charge in [-0.15, -0.1) is 0 Å². The molecular formula is C15H26N2O2S. The molecule has 3 unspecified atom stereocenters. The summed E-state index contributed by atoms with van der Waals surface area (Å²) in [6.07, 6.45) is 7.63. The third-order valence-electron chi connectivity index (χ3n) is 4.65. The van der Waals surface area contributed by atoms with Crippen LogP contribution in [-0.2, 0) is 9.59 Å². The van der Waals surface area contributed by atoms with E-state index < -0.39 is 0 Å². The van der Waals surface area contributed by atoms with Crippen molar-refractivity contribution in [2.45, 2.75) is 75.7 Å². The Kier molecular flexibility index (Phi) is 5.49. The second-order valence-corrected chi connectivity index (χ2v) is 7.00. The molecule has 0 bridgehead atoms. The first kappa shape index (κ1) is 15.8. The van der Waals surface area contributed by atoms with Gasteiger partial charge in [0.05, 0.1) is 12.5 Å². The number of amides is 2. The van der Waals surface area contributed by atoms with Crippen LogP contribution >= 0.6 is 11.8 Å². The highest BCUT2D eigenvalue weighted by Crippen LogP contribution is 2.29. The van der Waals surface area contributed by atoms with Gasteiger partial charge in [0, 0.05) is 17.3 Å². The van der Waals surface area contributed by atoms with Crippen LogP contribution in [0, 0.1) is 0 Å². The number of thioether (sulfide) groups is 1. The van der Waals surface area contributed by atoms with Crippen molar-refractivity contribution in [1.29, 1.82) is 0 Å². The quantitative estimate of drug-likeness (QED) is 0.764. The van der Waals surface area contributed by atoms with Crippen LogP contribution in [0.3, 0.4) is 0 Å². The summed E-state index contributed by atoms with van der Waals surface area (Å²) in [5.74, 6) is -0.00286. The van der Waals surface area contributed by atoms with Crippen molar-refractivity contribution >= 4 is 23.6 Å². The van der Waals surface area contributed by atoms with E-state index in [4.69, 9.17) is 0 Å². The van der Waals surface area contributed by atoms with Gasteiger partial charge in [-0.25, -0.2) is 0 Å². The maximum absolute atomic E-state index is 12.5. The Hall–Kier alpha value is -0.550. The van der Waals surface area contributed by atoms with Crippen LogP contribution in [0.1, 0.15) is 52.4 Å². The first-order chi connectivity index (χ1) is 9.60. The molecule has 0 radical (unpaired) electrons. The Bertz CT molecular complexity index is 371. The average molecular weight is 298 g/mol. The number of likely N-dealkylation sites (tertiary alicyclic amines) is 1. The summed E-state index contributed by atoms with van der Waals surface area (Å²) in [5, 5.41) is 4.13. The van der Waals surface area contributed by atoms with Crippen molar-refractivity contribution < 1.29 is 9.59 Å². The fourth-order valence-corrected chi connectivity index (χ4v) is 4.21. The maximum atomic E-state index is 12.5. The van der Waals surface area contributed by atoms with Crippen LogP contribution in [-0.4, -0.2) is 46.3 Å². The van der Waals surface area contributed by atoms with Crippen molar-refractivity contribution in [2.75, 3.05) is 6.26 Å². The standard InChI is InChI=1S/C15H26N2O2S/c1-4-11(5-2)17-14(18)9-13(15(17)19)16-10-6-7-12(8-10)20-3/h10-13,16H,4-9H2,1-3H3. The fraction of sp³-hybridized carbons (Fsp3) is 0.867. The van der Waals surface area contributed by atoms with E-state index in [-0.39, 0.29) is 23.9 Å². The van der Waals surface area contributed by atoms with Gasteiger partial charge in [0.1, 0.15) is 0 Å². The van der Waals surface area contributed by atoms with Gasteiger partial charge < -0.3 is 5.32 Å². The molecule has 3 atom stereocenters. The number of hydrogen-bond acceptors (Lipinski definition) is 4. The fourth-order valence-electron chi connectivity index (χ4n) is 3.41. The summed E-state index contributed by atoms with van der Waals surface area (Å²) in [4.78, 5) is 26.1. The minimum atomic E-state index is -0.284.